The molecule has 2 amide bonds. The summed E-state index contributed by atoms with van der Waals surface area (Å²) in [4.78, 5) is 20.7. The number of fused-ring (bicyclic) bond motifs is 3. The molecule has 35 heavy (non-hydrogen) atoms. The number of carbonyl (C=O) groups is 1. The van der Waals surface area contributed by atoms with Crippen LogP contribution < -0.4 is 10.1 Å². The third-order valence-electron chi connectivity index (χ3n) is 8.32. The molecule has 2 fully saturated rings. The molecule has 3 aliphatic rings. The van der Waals surface area contributed by atoms with E-state index in [4.69, 9.17) is 4.74 Å². The molecule has 0 aliphatic carbocycles. The molecule has 7 nitrogen and oxygen atoms in total. The van der Waals surface area contributed by atoms with E-state index in [1.54, 1.807) is 0 Å². The van der Waals surface area contributed by atoms with Crippen molar-refractivity contribution in [3.8, 4) is 11.8 Å². The van der Waals surface area contributed by atoms with Gasteiger partial charge in [-0.05, 0) is 93.7 Å². The van der Waals surface area contributed by atoms with Gasteiger partial charge >= 0.3 is 6.03 Å². The summed E-state index contributed by atoms with van der Waals surface area (Å²) in [5, 5.41) is 13.5. The molecule has 180 valence electrons. The lowest BCUT2D eigenvalue weighted by Crippen LogP contribution is -2.42. The molecular weight excluding hydrogens is 438 g/mol. The zero-order chi connectivity index (χ0) is 24.0. The number of piperidine rings is 2. The van der Waals surface area contributed by atoms with Crippen molar-refractivity contribution in [3.05, 3.63) is 59.3 Å². The maximum atomic E-state index is 13.1. The number of likely N-dealkylation sites (tertiary alicyclic amines) is 2. The number of nitriles is 1. The highest BCUT2D eigenvalue weighted by atomic mass is 16.5. The van der Waals surface area contributed by atoms with E-state index in [0.29, 0.717) is 24.6 Å². The molecule has 0 bridgehead atoms. The highest BCUT2D eigenvalue weighted by Crippen LogP contribution is 2.46. The third-order valence-corrected chi connectivity index (χ3v) is 8.32. The lowest BCUT2D eigenvalue weighted by Gasteiger charge is -2.37. The largest absolute Gasteiger partial charge is 0.492 e. The highest BCUT2D eigenvalue weighted by Gasteiger charge is 2.42. The van der Waals surface area contributed by atoms with Gasteiger partial charge in [0.25, 0.3) is 0 Å². The van der Waals surface area contributed by atoms with Gasteiger partial charge in [0.15, 0.2) is 0 Å². The van der Waals surface area contributed by atoms with E-state index < -0.39 is 0 Å². The Balaban J connectivity index is 1.12. The molecule has 2 aromatic carbocycles. The van der Waals surface area contributed by atoms with Crippen molar-refractivity contribution >= 4 is 22.6 Å². The molecular formula is C28H31N5O2. The van der Waals surface area contributed by atoms with E-state index in [1.807, 2.05) is 35.2 Å². The van der Waals surface area contributed by atoms with Gasteiger partial charge in [-0.2, -0.15) is 5.26 Å². The van der Waals surface area contributed by atoms with Gasteiger partial charge < -0.3 is 24.8 Å². The van der Waals surface area contributed by atoms with Crippen LogP contribution in [0.25, 0.3) is 10.9 Å². The summed E-state index contributed by atoms with van der Waals surface area (Å²) < 4.78 is 6.03. The molecule has 1 aromatic heterocycles. The summed E-state index contributed by atoms with van der Waals surface area (Å²) in [6.45, 7) is 4.31. The number of urea groups is 1. The number of carbonyl (C=O) groups excluding carboxylic acids is 1. The molecule has 0 saturated carbocycles. The van der Waals surface area contributed by atoms with Crippen LogP contribution in [0.2, 0.25) is 0 Å². The number of nitrogens with zero attached hydrogens (tertiary/aromatic N) is 3. The normalized spacial score (nSPS) is 19.9. The SMILES string of the molecule is CN1CCC2(CC1)COc1ccc(NC(=O)N3CCC(c4c[nH]c5ccc(C#N)cc45)CC3)cc12. The van der Waals surface area contributed by atoms with Crippen LogP contribution in [0.4, 0.5) is 10.5 Å². The van der Waals surface area contributed by atoms with Crippen LogP contribution in [0.3, 0.4) is 0 Å². The van der Waals surface area contributed by atoms with E-state index >= 15 is 0 Å². The van der Waals surface area contributed by atoms with Crippen molar-refractivity contribution in [1.29, 1.82) is 5.26 Å². The summed E-state index contributed by atoms with van der Waals surface area (Å²) in [5.41, 5.74) is 5.16. The summed E-state index contributed by atoms with van der Waals surface area (Å²) in [7, 11) is 2.17. The van der Waals surface area contributed by atoms with E-state index in [0.717, 1.165) is 67.7 Å². The van der Waals surface area contributed by atoms with Crippen LogP contribution in [-0.2, 0) is 5.41 Å². The number of aromatic amines is 1. The molecule has 3 aliphatic heterocycles. The topological polar surface area (TPSA) is 84.4 Å². The van der Waals surface area contributed by atoms with E-state index in [1.165, 1.54) is 11.1 Å². The van der Waals surface area contributed by atoms with Crippen LogP contribution in [0.5, 0.6) is 5.75 Å². The molecule has 3 aromatic rings. The minimum absolute atomic E-state index is 0.0366. The highest BCUT2D eigenvalue weighted by molar-refractivity contribution is 5.90. The number of benzene rings is 2. The Morgan fingerprint density at radius 3 is 2.71 bits per heavy atom. The maximum absolute atomic E-state index is 13.1. The number of hydrogen-bond acceptors (Lipinski definition) is 4. The van der Waals surface area contributed by atoms with Crippen LogP contribution in [-0.4, -0.2) is 60.6 Å². The Labute approximate surface area is 205 Å². The van der Waals surface area contributed by atoms with Gasteiger partial charge in [-0.15, -0.1) is 0 Å². The first-order valence-corrected chi connectivity index (χ1v) is 12.6. The van der Waals surface area contributed by atoms with Crippen LogP contribution in [0.15, 0.2) is 42.6 Å². The van der Waals surface area contributed by atoms with Crippen molar-refractivity contribution in [2.24, 2.45) is 0 Å². The fourth-order valence-corrected chi connectivity index (χ4v) is 6.05. The molecule has 4 heterocycles. The molecule has 2 saturated heterocycles. The zero-order valence-electron chi connectivity index (χ0n) is 20.1. The van der Waals surface area contributed by atoms with Crippen LogP contribution in [0, 0.1) is 11.3 Å². The molecule has 0 unspecified atom stereocenters. The second kappa shape index (κ2) is 8.62. The summed E-state index contributed by atoms with van der Waals surface area (Å²) >= 11 is 0. The first-order chi connectivity index (χ1) is 17.0. The number of H-pyrrole nitrogens is 1. The number of anilines is 1. The molecule has 6 rings (SSSR count). The van der Waals surface area contributed by atoms with E-state index in [9.17, 15) is 10.1 Å². The van der Waals surface area contributed by atoms with Gasteiger partial charge in [-0.3, -0.25) is 0 Å². The molecule has 1 spiro atoms. The van der Waals surface area contributed by atoms with Crippen molar-refractivity contribution in [1.82, 2.24) is 14.8 Å². The number of aromatic nitrogens is 1. The first kappa shape index (κ1) is 22.0. The number of ether oxygens (including phenoxy) is 1. The van der Waals surface area contributed by atoms with Crippen LogP contribution >= 0.6 is 0 Å². The molecule has 7 heteroatoms. The van der Waals surface area contributed by atoms with Gasteiger partial charge in [-0.25, -0.2) is 4.79 Å². The minimum atomic E-state index is -0.0366. The van der Waals surface area contributed by atoms with Crippen molar-refractivity contribution in [2.45, 2.75) is 37.0 Å². The van der Waals surface area contributed by atoms with Crippen LogP contribution in [0.1, 0.15) is 48.3 Å². The quantitative estimate of drug-likeness (QED) is 0.564. The maximum Gasteiger partial charge on any atom is 0.321 e. The third kappa shape index (κ3) is 3.92. The van der Waals surface area contributed by atoms with Gasteiger partial charge in [0, 0.05) is 46.9 Å². The number of nitrogens with one attached hydrogen (secondary N) is 2. The zero-order valence-corrected chi connectivity index (χ0v) is 20.1. The number of rotatable bonds is 2. The van der Waals surface area contributed by atoms with Crippen molar-refractivity contribution in [3.63, 3.8) is 0 Å². The predicted octanol–water partition coefficient (Wildman–Crippen LogP) is 4.81. The smallest absolute Gasteiger partial charge is 0.321 e. The van der Waals surface area contributed by atoms with Gasteiger partial charge in [-0.1, -0.05) is 0 Å². The Hall–Kier alpha value is -3.50. The first-order valence-electron chi connectivity index (χ1n) is 12.6. The fourth-order valence-electron chi connectivity index (χ4n) is 6.05. The minimum Gasteiger partial charge on any atom is -0.492 e. The van der Waals surface area contributed by atoms with Crippen molar-refractivity contribution in [2.75, 3.05) is 45.2 Å². The summed E-state index contributed by atoms with van der Waals surface area (Å²) in [6, 6.07) is 14.1. The Morgan fingerprint density at radius 2 is 1.94 bits per heavy atom. The average Bonchev–Trinajstić information content (AvgIpc) is 3.47. The summed E-state index contributed by atoms with van der Waals surface area (Å²) in [6.07, 6.45) is 6.06. The number of amides is 2. The Bertz CT molecular complexity index is 1310. The molecule has 0 atom stereocenters. The number of hydrogen-bond donors (Lipinski definition) is 2. The van der Waals surface area contributed by atoms with Gasteiger partial charge in [0.1, 0.15) is 5.75 Å². The Morgan fingerprint density at radius 1 is 1.14 bits per heavy atom. The predicted molar refractivity (Wildman–Crippen MR) is 136 cm³/mol. The van der Waals surface area contributed by atoms with Gasteiger partial charge in [0.2, 0.25) is 0 Å². The molecule has 2 N–H and O–H groups in total. The fraction of sp³-hybridized carbons (Fsp3) is 0.429. The standard InChI is InChI=1S/C28H31N5O2/c1-32-12-8-28(9-13-32)18-35-26-5-3-21(15-24(26)28)31-27(34)33-10-6-20(7-11-33)23-17-30-25-4-2-19(16-29)14-22(23)25/h2-5,14-15,17,20,30H,6-13,18H2,1H3,(H,31,34). The van der Waals surface area contributed by atoms with E-state index in [-0.39, 0.29) is 11.4 Å². The van der Waals surface area contributed by atoms with E-state index in [2.05, 4.69) is 40.6 Å². The second-order valence-corrected chi connectivity index (χ2v) is 10.4. The van der Waals surface area contributed by atoms with Crippen molar-refractivity contribution < 1.29 is 9.53 Å². The Kier molecular flexibility index (Phi) is 5.42. The molecule has 0 radical (unpaired) electrons. The lowest BCUT2D eigenvalue weighted by molar-refractivity contribution is 0.155. The monoisotopic (exact) mass is 469 g/mol. The summed E-state index contributed by atoms with van der Waals surface area (Å²) in [5.74, 6) is 1.34. The lowest BCUT2D eigenvalue weighted by atomic mass is 9.74. The second-order valence-electron chi connectivity index (χ2n) is 10.4. The van der Waals surface area contributed by atoms with Gasteiger partial charge in [0.05, 0.1) is 18.2 Å². The average molecular weight is 470 g/mol.